The highest BCUT2D eigenvalue weighted by atomic mass is 16.6. The number of rotatable bonds is 2. The zero-order chi connectivity index (χ0) is 18.8. The van der Waals surface area contributed by atoms with Crippen molar-refractivity contribution in [2.75, 3.05) is 6.61 Å². The van der Waals surface area contributed by atoms with Crippen molar-refractivity contribution in [1.29, 1.82) is 0 Å². The first-order valence-corrected chi connectivity index (χ1v) is 11.2. The summed E-state index contributed by atoms with van der Waals surface area (Å²) < 4.78 is 5.26. The van der Waals surface area contributed by atoms with Crippen LogP contribution in [0.2, 0.25) is 0 Å². The molecule has 4 aliphatic carbocycles. The number of cyclic esters (lactones) is 1. The summed E-state index contributed by atoms with van der Waals surface area (Å²) in [5, 5.41) is 0. The number of ether oxygens (including phenoxy) is 1. The summed E-state index contributed by atoms with van der Waals surface area (Å²) in [5.41, 5.74) is 2.12. The third kappa shape index (κ3) is 2.58. The van der Waals surface area contributed by atoms with Gasteiger partial charge in [-0.3, -0.25) is 0 Å². The molecule has 1 heterocycles. The fourth-order valence-electron chi connectivity index (χ4n) is 8.54. The molecule has 0 spiro atoms. The van der Waals surface area contributed by atoms with Gasteiger partial charge in [0.2, 0.25) is 0 Å². The molecule has 0 saturated heterocycles. The van der Waals surface area contributed by atoms with E-state index in [1.165, 1.54) is 50.5 Å². The quantitative estimate of drug-likeness (QED) is 0.576. The van der Waals surface area contributed by atoms with Crippen LogP contribution in [-0.2, 0) is 14.4 Å². The second-order valence-corrected chi connectivity index (χ2v) is 10.7. The van der Waals surface area contributed by atoms with Crippen LogP contribution >= 0.6 is 0 Å². The van der Waals surface area contributed by atoms with Crippen LogP contribution in [0.15, 0.2) is 11.6 Å². The fourth-order valence-corrected chi connectivity index (χ4v) is 8.54. The summed E-state index contributed by atoms with van der Waals surface area (Å²) >= 11 is 0. The standard InChI is InChI=1S/C23H35NO3/c1-22-9-7-16(27-24)12-15(22)3-4-17-19-6-5-18(14-11-21(25)26-13-14)23(19,2)10-8-20(17)22/h11,15-20H,3-10,12-13,24H2,1-2H3/t15-,16+,17+,18-,19+,20+,22+,23-/m1/s1. The summed E-state index contributed by atoms with van der Waals surface area (Å²) in [5.74, 6) is 9.29. The largest absolute Gasteiger partial charge is 0.458 e. The first-order valence-electron chi connectivity index (χ1n) is 11.2. The average molecular weight is 374 g/mol. The molecule has 150 valence electrons. The molecule has 0 aromatic rings. The third-order valence-electron chi connectivity index (χ3n) is 9.94. The van der Waals surface area contributed by atoms with Gasteiger partial charge in [-0.15, -0.1) is 0 Å². The minimum atomic E-state index is -0.127. The maximum absolute atomic E-state index is 11.6. The van der Waals surface area contributed by atoms with E-state index >= 15 is 0 Å². The molecular formula is C23H35NO3. The van der Waals surface area contributed by atoms with Gasteiger partial charge in [0.15, 0.2) is 0 Å². The Hall–Kier alpha value is -0.870. The Bertz CT molecular complexity index is 660. The Labute approximate surface area is 163 Å². The molecule has 8 atom stereocenters. The SMILES string of the molecule is C[C@]12CC[C@H](ON)C[C@H]1CC[C@@H]1[C@@H]2CC[C@]2(C)[C@@H](C3=CC(=O)OC3)CC[C@@H]12. The predicted molar refractivity (Wildman–Crippen MR) is 103 cm³/mol. The summed E-state index contributed by atoms with van der Waals surface area (Å²) in [7, 11) is 0. The van der Waals surface area contributed by atoms with Crippen molar-refractivity contribution >= 4 is 5.97 Å². The molecule has 5 rings (SSSR count). The highest BCUT2D eigenvalue weighted by molar-refractivity contribution is 5.85. The number of hydrogen-bond donors (Lipinski definition) is 1. The lowest BCUT2D eigenvalue weighted by molar-refractivity contribution is -0.135. The van der Waals surface area contributed by atoms with Gasteiger partial charge in [0, 0.05) is 6.08 Å². The molecule has 2 N–H and O–H groups in total. The van der Waals surface area contributed by atoms with Crippen LogP contribution in [0.5, 0.6) is 0 Å². The molecule has 0 bridgehead atoms. The Morgan fingerprint density at radius 3 is 2.56 bits per heavy atom. The number of carbonyl (C=O) groups is 1. The van der Waals surface area contributed by atoms with Crippen molar-refractivity contribution in [2.45, 2.75) is 77.7 Å². The lowest BCUT2D eigenvalue weighted by Crippen LogP contribution is -2.54. The maximum Gasteiger partial charge on any atom is 0.331 e. The average Bonchev–Trinajstić information content (AvgIpc) is 3.23. The van der Waals surface area contributed by atoms with E-state index in [9.17, 15) is 4.79 Å². The van der Waals surface area contributed by atoms with E-state index in [1.54, 1.807) is 6.08 Å². The van der Waals surface area contributed by atoms with Crippen LogP contribution in [0.1, 0.15) is 71.6 Å². The van der Waals surface area contributed by atoms with Crippen molar-refractivity contribution in [3.8, 4) is 0 Å². The molecule has 0 aromatic heterocycles. The zero-order valence-electron chi connectivity index (χ0n) is 16.9. The molecule has 0 unspecified atom stereocenters. The zero-order valence-corrected chi connectivity index (χ0v) is 16.9. The molecule has 1 aliphatic heterocycles. The first-order chi connectivity index (χ1) is 13.0. The molecule has 4 heteroatoms. The predicted octanol–water partition coefficient (Wildman–Crippen LogP) is 4.39. The van der Waals surface area contributed by atoms with Gasteiger partial charge in [-0.25, -0.2) is 10.7 Å². The fraction of sp³-hybridized carbons (Fsp3) is 0.870. The van der Waals surface area contributed by atoms with Gasteiger partial charge >= 0.3 is 5.97 Å². The van der Waals surface area contributed by atoms with Gasteiger partial charge in [0.05, 0.1) is 6.10 Å². The van der Waals surface area contributed by atoms with Crippen LogP contribution in [0.25, 0.3) is 0 Å². The monoisotopic (exact) mass is 373 g/mol. The van der Waals surface area contributed by atoms with Gasteiger partial charge in [-0.1, -0.05) is 13.8 Å². The Kier molecular flexibility index (Phi) is 4.25. The minimum absolute atomic E-state index is 0.127. The first kappa shape index (κ1) is 18.2. The smallest absolute Gasteiger partial charge is 0.331 e. The van der Waals surface area contributed by atoms with Crippen LogP contribution in [0, 0.1) is 40.4 Å². The number of esters is 1. The summed E-state index contributed by atoms with van der Waals surface area (Å²) in [6.07, 6.45) is 13.6. The van der Waals surface area contributed by atoms with Crippen molar-refractivity contribution in [3.63, 3.8) is 0 Å². The maximum atomic E-state index is 11.6. The van der Waals surface area contributed by atoms with Crippen molar-refractivity contribution in [2.24, 2.45) is 46.3 Å². The van der Waals surface area contributed by atoms with E-state index < -0.39 is 0 Å². The highest BCUT2D eigenvalue weighted by Gasteiger charge is 2.60. The summed E-state index contributed by atoms with van der Waals surface area (Å²) in [6, 6.07) is 0. The highest BCUT2D eigenvalue weighted by Crippen LogP contribution is 2.68. The van der Waals surface area contributed by atoms with E-state index in [-0.39, 0.29) is 12.1 Å². The minimum Gasteiger partial charge on any atom is -0.458 e. The molecule has 4 fully saturated rings. The Morgan fingerprint density at radius 2 is 1.81 bits per heavy atom. The van der Waals surface area contributed by atoms with Gasteiger partial charge in [0.25, 0.3) is 0 Å². The molecule has 0 aromatic carbocycles. The van der Waals surface area contributed by atoms with E-state index in [0.717, 1.165) is 36.5 Å². The van der Waals surface area contributed by atoms with Crippen molar-refractivity contribution in [3.05, 3.63) is 11.6 Å². The topological polar surface area (TPSA) is 61.5 Å². The number of carbonyl (C=O) groups excluding carboxylic acids is 1. The second kappa shape index (κ2) is 6.32. The molecule has 27 heavy (non-hydrogen) atoms. The van der Waals surface area contributed by atoms with Crippen molar-refractivity contribution < 1.29 is 14.4 Å². The molecule has 4 saturated carbocycles. The molecule has 0 amide bonds. The van der Waals surface area contributed by atoms with Gasteiger partial charge in [0.1, 0.15) is 6.61 Å². The number of hydrogen-bond acceptors (Lipinski definition) is 4. The second-order valence-electron chi connectivity index (χ2n) is 10.7. The van der Waals surface area contributed by atoms with Gasteiger partial charge in [-0.05, 0) is 104 Å². The van der Waals surface area contributed by atoms with Crippen LogP contribution in [0.3, 0.4) is 0 Å². The van der Waals surface area contributed by atoms with E-state index in [2.05, 4.69) is 13.8 Å². The normalized spacial score (nSPS) is 51.8. The Morgan fingerprint density at radius 1 is 1.04 bits per heavy atom. The van der Waals surface area contributed by atoms with E-state index in [0.29, 0.717) is 23.4 Å². The number of fused-ring (bicyclic) bond motifs is 5. The van der Waals surface area contributed by atoms with Crippen LogP contribution < -0.4 is 5.90 Å². The molecular weight excluding hydrogens is 338 g/mol. The third-order valence-corrected chi connectivity index (χ3v) is 9.94. The van der Waals surface area contributed by atoms with E-state index in [4.69, 9.17) is 15.5 Å². The van der Waals surface area contributed by atoms with Gasteiger partial charge in [-0.2, -0.15) is 0 Å². The summed E-state index contributed by atoms with van der Waals surface area (Å²) in [6.45, 7) is 5.66. The van der Waals surface area contributed by atoms with Gasteiger partial charge < -0.3 is 9.57 Å². The number of nitrogens with two attached hydrogens (primary N) is 1. The molecule has 5 aliphatic rings. The lowest BCUT2D eigenvalue weighted by atomic mass is 9.44. The summed E-state index contributed by atoms with van der Waals surface area (Å²) in [4.78, 5) is 16.9. The molecule has 4 nitrogen and oxygen atoms in total. The lowest BCUT2D eigenvalue weighted by Gasteiger charge is -2.61. The molecule has 0 radical (unpaired) electrons. The van der Waals surface area contributed by atoms with Crippen LogP contribution in [-0.4, -0.2) is 18.7 Å². The Balaban J connectivity index is 1.39. The van der Waals surface area contributed by atoms with Crippen molar-refractivity contribution in [1.82, 2.24) is 0 Å². The van der Waals surface area contributed by atoms with Crippen LogP contribution in [0.4, 0.5) is 0 Å². The van der Waals surface area contributed by atoms with E-state index in [1.807, 2.05) is 0 Å².